The molecule has 162 valence electrons. The van der Waals surface area contributed by atoms with Crippen LogP contribution >= 0.6 is 0 Å². The van der Waals surface area contributed by atoms with Crippen LogP contribution in [0.1, 0.15) is 12.5 Å². The van der Waals surface area contributed by atoms with E-state index in [2.05, 4.69) is 15.6 Å². The molecule has 0 spiro atoms. The molecule has 2 aromatic rings. The van der Waals surface area contributed by atoms with Gasteiger partial charge >= 0.3 is 0 Å². The number of hydrogen-bond acceptors (Lipinski definition) is 4. The Morgan fingerprint density at radius 2 is 1.87 bits per heavy atom. The standard InChI is InChI=1S/C22H29FN4O3/c1-4-25-21(28)16-30-20-7-5-6-17(14-20)15-26-22(24-2)27(3)12-13-29-19-10-8-18(23)9-11-19/h5-11,14H,4,12-13,15-16H2,1-3H3,(H,24,26)(H,25,28). The number of benzene rings is 2. The van der Waals surface area contributed by atoms with Gasteiger partial charge in [-0.1, -0.05) is 12.1 Å². The van der Waals surface area contributed by atoms with Gasteiger partial charge in [0, 0.05) is 27.2 Å². The summed E-state index contributed by atoms with van der Waals surface area (Å²) in [6, 6.07) is 13.5. The smallest absolute Gasteiger partial charge is 0.257 e. The highest BCUT2D eigenvalue weighted by molar-refractivity contribution is 5.79. The Morgan fingerprint density at radius 3 is 2.57 bits per heavy atom. The highest BCUT2D eigenvalue weighted by atomic mass is 19.1. The van der Waals surface area contributed by atoms with Crippen LogP contribution in [-0.4, -0.2) is 57.2 Å². The minimum atomic E-state index is -0.289. The van der Waals surface area contributed by atoms with Crippen LogP contribution < -0.4 is 20.1 Å². The summed E-state index contributed by atoms with van der Waals surface area (Å²) in [5, 5.41) is 5.99. The van der Waals surface area contributed by atoms with E-state index in [0.29, 0.717) is 43.7 Å². The molecule has 0 heterocycles. The lowest BCUT2D eigenvalue weighted by molar-refractivity contribution is -0.122. The van der Waals surface area contributed by atoms with Crippen molar-refractivity contribution in [1.82, 2.24) is 15.5 Å². The molecule has 8 heteroatoms. The van der Waals surface area contributed by atoms with E-state index >= 15 is 0 Å². The summed E-state index contributed by atoms with van der Waals surface area (Å²) < 4.78 is 24.1. The molecule has 0 fully saturated rings. The maximum absolute atomic E-state index is 12.9. The van der Waals surface area contributed by atoms with Crippen LogP contribution in [0.2, 0.25) is 0 Å². The van der Waals surface area contributed by atoms with Crippen molar-refractivity contribution >= 4 is 11.9 Å². The zero-order chi connectivity index (χ0) is 21.8. The summed E-state index contributed by atoms with van der Waals surface area (Å²) in [4.78, 5) is 17.8. The molecule has 0 aliphatic rings. The summed E-state index contributed by atoms with van der Waals surface area (Å²) in [6.45, 7) is 4.02. The van der Waals surface area contributed by atoms with Crippen molar-refractivity contribution in [3.8, 4) is 11.5 Å². The molecule has 0 bridgehead atoms. The fraction of sp³-hybridized carbons (Fsp3) is 0.364. The van der Waals surface area contributed by atoms with E-state index in [-0.39, 0.29) is 18.3 Å². The predicted octanol–water partition coefficient (Wildman–Crippen LogP) is 2.43. The summed E-state index contributed by atoms with van der Waals surface area (Å²) >= 11 is 0. The molecular weight excluding hydrogens is 387 g/mol. The molecule has 0 unspecified atom stereocenters. The summed E-state index contributed by atoms with van der Waals surface area (Å²) in [5.41, 5.74) is 1.00. The number of hydrogen-bond donors (Lipinski definition) is 2. The lowest BCUT2D eigenvalue weighted by Gasteiger charge is -2.22. The van der Waals surface area contributed by atoms with E-state index in [1.165, 1.54) is 12.1 Å². The number of carbonyl (C=O) groups excluding carboxylic acids is 1. The van der Waals surface area contributed by atoms with Crippen LogP contribution in [0.3, 0.4) is 0 Å². The molecular formula is C22H29FN4O3. The molecule has 0 atom stereocenters. The van der Waals surface area contributed by atoms with E-state index in [1.807, 2.05) is 43.1 Å². The molecule has 2 aromatic carbocycles. The largest absolute Gasteiger partial charge is 0.492 e. The van der Waals surface area contributed by atoms with E-state index in [9.17, 15) is 9.18 Å². The fourth-order valence-electron chi connectivity index (χ4n) is 2.65. The first-order valence-electron chi connectivity index (χ1n) is 9.80. The first-order chi connectivity index (χ1) is 14.5. The average Bonchev–Trinajstić information content (AvgIpc) is 2.75. The molecule has 0 aromatic heterocycles. The molecule has 30 heavy (non-hydrogen) atoms. The minimum Gasteiger partial charge on any atom is -0.492 e. The number of guanidine groups is 1. The van der Waals surface area contributed by atoms with E-state index in [0.717, 1.165) is 5.56 Å². The van der Waals surface area contributed by atoms with Crippen LogP contribution in [0.5, 0.6) is 11.5 Å². The lowest BCUT2D eigenvalue weighted by atomic mass is 10.2. The van der Waals surface area contributed by atoms with Gasteiger partial charge in [0.1, 0.15) is 23.9 Å². The van der Waals surface area contributed by atoms with Crippen molar-refractivity contribution in [3.63, 3.8) is 0 Å². The lowest BCUT2D eigenvalue weighted by Crippen LogP contribution is -2.40. The Morgan fingerprint density at radius 1 is 1.10 bits per heavy atom. The number of nitrogens with zero attached hydrogens (tertiary/aromatic N) is 2. The Hall–Kier alpha value is -3.29. The van der Waals surface area contributed by atoms with Gasteiger partial charge < -0.3 is 25.0 Å². The SMILES string of the molecule is CCNC(=O)COc1cccc(CNC(=NC)N(C)CCOc2ccc(F)cc2)c1. The van der Waals surface area contributed by atoms with E-state index in [1.54, 1.807) is 19.2 Å². The van der Waals surface area contributed by atoms with Gasteiger partial charge in [-0.3, -0.25) is 9.79 Å². The Bertz CT molecular complexity index is 827. The molecule has 0 saturated carbocycles. The number of rotatable bonds is 10. The molecule has 0 radical (unpaired) electrons. The van der Waals surface area contributed by atoms with Crippen LogP contribution in [0.15, 0.2) is 53.5 Å². The van der Waals surface area contributed by atoms with Crippen molar-refractivity contribution < 1.29 is 18.7 Å². The van der Waals surface area contributed by atoms with Crippen LogP contribution in [0.25, 0.3) is 0 Å². The second-order valence-corrected chi connectivity index (χ2v) is 6.51. The summed E-state index contributed by atoms with van der Waals surface area (Å²) in [7, 11) is 3.63. The van der Waals surface area contributed by atoms with Gasteiger partial charge in [0.25, 0.3) is 5.91 Å². The Balaban J connectivity index is 1.79. The maximum Gasteiger partial charge on any atom is 0.257 e. The molecule has 0 saturated heterocycles. The molecule has 2 N–H and O–H groups in total. The third kappa shape index (κ3) is 7.98. The van der Waals surface area contributed by atoms with E-state index < -0.39 is 0 Å². The first kappa shape index (κ1) is 23.0. The number of ether oxygens (including phenoxy) is 2. The zero-order valence-electron chi connectivity index (χ0n) is 17.7. The number of nitrogens with one attached hydrogen (secondary N) is 2. The van der Waals surface area contributed by atoms with Crippen LogP contribution in [-0.2, 0) is 11.3 Å². The Labute approximate surface area is 176 Å². The summed E-state index contributed by atoms with van der Waals surface area (Å²) in [6.07, 6.45) is 0. The first-order valence-corrected chi connectivity index (χ1v) is 9.80. The normalized spacial score (nSPS) is 11.0. The fourth-order valence-corrected chi connectivity index (χ4v) is 2.65. The minimum absolute atomic E-state index is 0.0107. The third-order valence-corrected chi connectivity index (χ3v) is 4.18. The number of carbonyl (C=O) groups is 1. The van der Waals surface area contributed by atoms with Crippen molar-refractivity contribution in [2.45, 2.75) is 13.5 Å². The van der Waals surface area contributed by atoms with Crippen molar-refractivity contribution in [2.24, 2.45) is 4.99 Å². The molecule has 1 amide bonds. The Kier molecular flexibility index (Phi) is 9.44. The van der Waals surface area contributed by atoms with Crippen LogP contribution in [0.4, 0.5) is 4.39 Å². The van der Waals surface area contributed by atoms with Gasteiger partial charge in [0.15, 0.2) is 12.6 Å². The number of aliphatic imine (C=N–C) groups is 1. The van der Waals surface area contributed by atoms with Crippen LogP contribution in [0, 0.1) is 5.82 Å². The molecule has 7 nitrogen and oxygen atoms in total. The average molecular weight is 416 g/mol. The van der Waals surface area contributed by atoms with Gasteiger partial charge in [0.2, 0.25) is 0 Å². The highest BCUT2D eigenvalue weighted by Gasteiger charge is 2.07. The van der Waals surface area contributed by atoms with Gasteiger partial charge in [-0.2, -0.15) is 0 Å². The second-order valence-electron chi connectivity index (χ2n) is 6.51. The zero-order valence-corrected chi connectivity index (χ0v) is 17.7. The van der Waals surface area contributed by atoms with Crippen molar-refractivity contribution in [1.29, 1.82) is 0 Å². The number of likely N-dealkylation sites (N-methyl/N-ethyl adjacent to an activating group) is 2. The van der Waals surface area contributed by atoms with E-state index in [4.69, 9.17) is 9.47 Å². The van der Waals surface area contributed by atoms with Crippen molar-refractivity contribution in [3.05, 3.63) is 59.9 Å². The highest BCUT2D eigenvalue weighted by Crippen LogP contribution is 2.13. The number of halogens is 1. The second kappa shape index (κ2) is 12.3. The third-order valence-electron chi connectivity index (χ3n) is 4.18. The topological polar surface area (TPSA) is 75.2 Å². The quantitative estimate of drug-likeness (QED) is 0.460. The van der Waals surface area contributed by atoms with Gasteiger partial charge in [0.05, 0.1) is 6.54 Å². The van der Waals surface area contributed by atoms with Gasteiger partial charge in [-0.15, -0.1) is 0 Å². The molecule has 0 aliphatic carbocycles. The monoisotopic (exact) mass is 416 g/mol. The van der Waals surface area contributed by atoms with Gasteiger partial charge in [-0.05, 0) is 48.9 Å². The van der Waals surface area contributed by atoms with Gasteiger partial charge in [-0.25, -0.2) is 4.39 Å². The molecule has 0 aliphatic heterocycles. The predicted molar refractivity (Wildman–Crippen MR) is 115 cm³/mol. The molecule has 2 rings (SSSR count). The summed E-state index contributed by atoms with van der Waals surface area (Å²) in [5.74, 6) is 1.54. The maximum atomic E-state index is 12.9. The van der Waals surface area contributed by atoms with Crippen molar-refractivity contribution in [2.75, 3.05) is 40.4 Å². The number of amides is 1.